The van der Waals surface area contributed by atoms with Crippen LogP contribution in [0.4, 0.5) is 0 Å². The van der Waals surface area contributed by atoms with Crippen molar-refractivity contribution < 1.29 is 4.79 Å². The van der Waals surface area contributed by atoms with Crippen molar-refractivity contribution in [1.82, 2.24) is 0 Å². The maximum Gasteiger partial charge on any atom is 0.221 e. The lowest BCUT2D eigenvalue weighted by atomic mass is 9.66. The molecule has 2 fully saturated rings. The number of fused-ring (bicyclic) bond motifs is 2. The first kappa shape index (κ1) is 9.04. The van der Waals surface area contributed by atoms with E-state index in [1.165, 1.54) is 12.8 Å². The van der Waals surface area contributed by atoms with E-state index in [1.54, 1.807) is 0 Å². The van der Waals surface area contributed by atoms with Crippen LogP contribution >= 0.6 is 0 Å². The number of rotatable bonds is 1. The first-order chi connectivity index (χ1) is 5.89. The second kappa shape index (κ2) is 2.28. The lowest BCUT2D eigenvalue weighted by Crippen LogP contribution is -2.39. The van der Waals surface area contributed by atoms with Crippen LogP contribution in [0, 0.1) is 22.7 Å². The molecule has 0 aromatic carbocycles. The van der Waals surface area contributed by atoms with E-state index >= 15 is 0 Å². The number of carbonyl (C=O) groups excluding carboxylic acids is 1. The molecular weight excluding hydrogens is 162 g/mol. The van der Waals surface area contributed by atoms with Gasteiger partial charge >= 0.3 is 0 Å². The van der Waals surface area contributed by atoms with E-state index in [9.17, 15) is 4.79 Å². The molecule has 1 amide bonds. The van der Waals surface area contributed by atoms with Gasteiger partial charge in [-0.25, -0.2) is 0 Å². The molecule has 0 heterocycles. The molecule has 0 unspecified atom stereocenters. The van der Waals surface area contributed by atoms with Gasteiger partial charge in [-0.15, -0.1) is 0 Å². The molecule has 0 aliphatic heterocycles. The van der Waals surface area contributed by atoms with Crippen LogP contribution in [0.1, 0.15) is 40.0 Å². The summed E-state index contributed by atoms with van der Waals surface area (Å²) < 4.78 is 0. The van der Waals surface area contributed by atoms with Crippen molar-refractivity contribution in [2.24, 2.45) is 28.4 Å². The normalized spacial score (nSPS) is 46.7. The van der Waals surface area contributed by atoms with Crippen LogP contribution in [0.2, 0.25) is 0 Å². The van der Waals surface area contributed by atoms with Crippen LogP contribution in [0.15, 0.2) is 0 Å². The molecule has 2 N–H and O–H groups in total. The predicted molar refractivity (Wildman–Crippen MR) is 51.9 cm³/mol. The van der Waals surface area contributed by atoms with Crippen LogP contribution in [0.3, 0.4) is 0 Å². The molecule has 2 heteroatoms. The fourth-order valence-electron chi connectivity index (χ4n) is 3.63. The Bertz CT molecular complexity index is 259. The Labute approximate surface area is 79.9 Å². The highest BCUT2D eigenvalue weighted by Gasteiger charge is 2.62. The van der Waals surface area contributed by atoms with Gasteiger partial charge in [0.05, 0.1) is 0 Å². The van der Waals surface area contributed by atoms with Crippen LogP contribution in [-0.4, -0.2) is 5.91 Å². The number of amides is 1. The number of hydrogen-bond donors (Lipinski definition) is 1. The Balaban J connectivity index is 2.38. The van der Waals surface area contributed by atoms with E-state index < -0.39 is 0 Å². The molecule has 0 aromatic rings. The summed E-state index contributed by atoms with van der Waals surface area (Å²) >= 11 is 0. The quantitative estimate of drug-likeness (QED) is 0.660. The average molecular weight is 181 g/mol. The monoisotopic (exact) mass is 181 g/mol. The summed E-state index contributed by atoms with van der Waals surface area (Å²) in [7, 11) is 0. The van der Waals surface area contributed by atoms with Crippen molar-refractivity contribution in [1.29, 1.82) is 0 Å². The van der Waals surface area contributed by atoms with Crippen LogP contribution in [0.5, 0.6) is 0 Å². The first-order valence-corrected chi connectivity index (χ1v) is 5.19. The maximum atomic E-state index is 11.3. The van der Waals surface area contributed by atoms with Crippen molar-refractivity contribution in [2.45, 2.75) is 40.0 Å². The van der Waals surface area contributed by atoms with Gasteiger partial charge in [-0.1, -0.05) is 20.8 Å². The fourth-order valence-corrected chi connectivity index (χ4v) is 3.63. The second-order valence-corrected chi connectivity index (χ2v) is 5.57. The summed E-state index contributed by atoms with van der Waals surface area (Å²) in [6.07, 6.45) is 3.49. The first-order valence-electron chi connectivity index (χ1n) is 5.19. The van der Waals surface area contributed by atoms with Crippen molar-refractivity contribution in [3.63, 3.8) is 0 Å². The molecule has 2 saturated carbocycles. The van der Waals surface area contributed by atoms with Crippen molar-refractivity contribution in [3.05, 3.63) is 0 Å². The number of hydrogen-bond acceptors (Lipinski definition) is 1. The minimum Gasteiger partial charge on any atom is -0.369 e. The molecule has 2 aliphatic carbocycles. The zero-order valence-electron chi connectivity index (χ0n) is 8.76. The summed E-state index contributed by atoms with van der Waals surface area (Å²) in [5.41, 5.74) is 5.93. The SMILES string of the molecule is CC1(C)[C@@H]2CC[C@@]1(C)[C@H](C(N)=O)C2. The van der Waals surface area contributed by atoms with E-state index in [2.05, 4.69) is 20.8 Å². The fraction of sp³-hybridized carbons (Fsp3) is 0.909. The Kier molecular flexibility index (Phi) is 1.59. The highest BCUT2D eigenvalue weighted by Crippen LogP contribution is 2.67. The number of primary amides is 1. The summed E-state index contributed by atoms with van der Waals surface area (Å²) in [5.74, 6) is 0.758. The van der Waals surface area contributed by atoms with Crippen LogP contribution < -0.4 is 5.73 Å². The van der Waals surface area contributed by atoms with Gasteiger partial charge in [-0.2, -0.15) is 0 Å². The second-order valence-electron chi connectivity index (χ2n) is 5.57. The van der Waals surface area contributed by atoms with Gasteiger partial charge in [0.15, 0.2) is 0 Å². The Morgan fingerprint density at radius 3 is 2.23 bits per heavy atom. The van der Waals surface area contributed by atoms with Crippen molar-refractivity contribution >= 4 is 5.91 Å². The standard InChI is InChI=1S/C11H19NO/c1-10(2)7-4-5-11(10,3)8(6-7)9(12)13/h7-8H,4-6H2,1-3H3,(H2,12,13)/t7-,8+,11+/m1/s1. The summed E-state index contributed by atoms with van der Waals surface area (Å²) in [6.45, 7) is 6.84. The third-order valence-electron chi connectivity index (χ3n) is 5.14. The van der Waals surface area contributed by atoms with Gasteiger partial charge in [0, 0.05) is 5.92 Å². The Morgan fingerprint density at radius 2 is 2.00 bits per heavy atom. The Morgan fingerprint density at radius 1 is 1.38 bits per heavy atom. The molecule has 13 heavy (non-hydrogen) atoms. The maximum absolute atomic E-state index is 11.3. The molecule has 0 spiro atoms. The van der Waals surface area contributed by atoms with Crippen LogP contribution in [0.25, 0.3) is 0 Å². The lowest BCUT2D eigenvalue weighted by Gasteiger charge is -2.37. The molecule has 2 nitrogen and oxygen atoms in total. The van der Waals surface area contributed by atoms with Gasteiger partial charge in [0.2, 0.25) is 5.91 Å². The molecule has 74 valence electrons. The van der Waals surface area contributed by atoms with E-state index in [-0.39, 0.29) is 17.2 Å². The third-order valence-corrected chi connectivity index (χ3v) is 5.14. The molecule has 2 aliphatic rings. The van der Waals surface area contributed by atoms with Gasteiger partial charge in [0.25, 0.3) is 0 Å². The highest BCUT2D eigenvalue weighted by atomic mass is 16.1. The average Bonchev–Trinajstić information content (AvgIpc) is 2.34. The molecule has 2 rings (SSSR count). The number of carbonyl (C=O) groups is 1. The zero-order valence-corrected chi connectivity index (χ0v) is 8.76. The van der Waals surface area contributed by atoms with Gasteiger partial charge in [-0.3, -0.25) is 4.79 Å². The van der Waals surface area contributed by atoms with Gasteiger partial charge in [-0.05, 0) is 36.0 Å². The minimum atomic E-state index is -0.0854. The highest BCUT2D eigenvalue weighted by molar-refractivity contribution is 5.78. The summed E-state index contributed by atoms with van der Waals surface area (Å²) in [5, 5.41) is 0. The zero-order chi connectivity index (χ0) is 9.85. The van der Waals surface area contributed by atoms with E-state index in [4.69, 9.17) is 5.73 Å². The summed E-state index contributed by atoms with van der Waals surface area (Å²) in [4.78, 5) is 11.3. The minimum absolute atomic E-state index is 0.0854. The van der Waals surface area contributed by atoms with Crippen molar-refractivity contribution in [2.75, 3.05) is 0 Å². The lowest BCUT2D eigenvalue weighted by molar-refractivity contribution is -0.126. The largest absolute Gasteiger partial charge is 0.369 e. The molecule has 2 bridgehead atoms. The van der Waals surface area contributed by atoms with E-state index in [1.807, 2.05) is 0 Å². The summed E-state index contributed by atoms with van der Waals surface area (Å²) in [6, 6.07) is 0. The Hall–Kier alpha value is -0.530. The smallest absolute Gasteiger partial charge is 0.221 e. The third kappa shape index (κ3) is 0.866. The number of nitrogens with two attached hydrogens (primary N) is 1. The van der Waals surface area contributed by atoms with E-state index in [0.717, 1.165) is 12.3 Å². The molecule has 0 saturated heterocycles. The predicted octanol–water partition coefficient (Wildman–Crippen LogP) is 1.93. The molecule has 3 atom stereocenters. The topological polar surface area (TPSA) is 43.1 Å². The van der Waals surface area contributed by atoms with Gasteiger partial charge in [0.1, 0.15) is 0 Å². The van der Waals surface area contributed by atoms with Gasteiger partial charge < -0.3 is 5.73 Å². The van der Waals surface area contributed by atoms with E-state index in [0.29, 0.717) is 5.41 Å². The van der Waals surface area contributed by atoms with Crippen molar-refractivity contribution in [3.8, 4) is 0 Å². The molecule has 0 aromatic heterocycles. The van der Waals surface area contributed by atoms with Crippen LogP contribution in [-0.2, 0) is 4.79 Å². The molecular formula is C11H19NO. The molecule has 0 radical (unpaired) electrons.